The van der Waals surface area contributed by atoms with Crippen LogP contribution >= 0.6 is 58.5 Å². The molecule has 8 heteroatoms. The molecule has 130 valence electrons. The Hall–Kier alpha value is -0.540. The number of hydrogen-bond donors (Lipinski definition) is 2. The fraction of sp³-hybridized carbons (Fsp3) is 0.312. The number of guanidine groups is 1. The van der Waals surface area contributed by atoms with Crippen molar-refractivity contribution in [2.24, 2.45) is 16.5 Å². The second-order valence-corrected chi connectivity index (χ2v) is 7.36. The molecule has 4 N–H and O–H groups in total. The third kappa shape index (κ3) is 4.54. The Kier molecular flexibility index (Phi) is 7.18. The molecule has 0 saturated heterocycles. The lowest BCUT2D eigenvalue weighted by molar-refractivity contribution is 0.185. The number of hydrogen-bond acceptors (Lipinski definition) is 3. The lowest BCUT2D eigenvalue weighted by Gasteiger charge is -2.34. The molecule has 1 unspecified atom stereocenters. The highest BCUT2D eigenvalue weighted by atomic mass is 127. The van der Waals surface area contributed by atoms with E-state index in [2.05, 4.69) is 21.3 Å². The van der Waals surface area contributed by atoms with Crippen molar-refractivity contribution in [1.29, 1.82) is 0 Å². The molecule has 0 bridgehead atoms. The second-order valence-electron chi connectivity index (χ2n) is 5.54. The Balaban J connectivity index is 0.00000208. The van der Waals surface area contributed by atoms with Gasteiger partial charge in [0.15, 0.2) is 5.96 Å². The van der Waals surface area contributed by atoms with E-state index in [4.69, 9.17) is 34.7 Å². The molecular formula is C16H19Cl2IN4S. The van der Waals surface area contributed by atoms with E-state index >= 15 is 0 Å². The normalized spacial score (nSPS) is 15.2. The predicted octanol–water partition coefficient (Wildman–Crippen LogP) is 4.05. The van der Waals surface area contributed by atoms with Crippen molar-refractivity contribution in [1.82, 2.24) is 4.90 Å². The maximum absolute atomic E-state index is 6.19. The minimum atomic E-state index is 0. The van der Waals surface area contributed by atoms with E-state index < -0.39 is 0 Å². The van der Waals surface area contributed by atoms with Crippen molar-refractivity contribution in [3.63, 3.8) is 0 Å². The number of fused-ring (bicyclic) bond motifs is 1. The number of nitrogens with two attached hydrogens (primary N) is 2. The van der Waals surface area contributed by atoms with Crippen LogP contribution in [0.4, 0.5) is 0 Å². The van der Waals surface area contributed by atoms with Gasteiger partial charge in [-0.2, -0.15) is 0 Å². The van der Waals surface area contributed by atoms with Gasteiger partial charge in [0.1, 0.15) is 0 Å². The number of nitrogens with zero attached hydrogens (tertiary/aromatic N) is 2. The van der Waals surface area contributed by atoms with E-state index in [-0.39, 0.29) is 36.0 Å². The van der Waals surface area contributed by atoms with Crippen LogP contribution in [0.5, 0.6) is 0 Å². The van der Waals surface area contributed by atoms with Crippen LogP contribution < -0.4 is 11.5 Å². The first-order chi connectivity index (χ1) is 11.0. The lowest BCUT2D eigenvalue weighted by atomic mass is 10.0. The van der Waals surface area contributed by atoms with Crippen LogP contribution in [0.3, 0.4) is 0 Å². The van der Waals surface area contributed by atoms with E-state index in [9.17, 15) is 0 Å². The van der Waals surface area contributed by atoms with Gasteiger partial charge in [-0.05, 0) is 41.1 Å². The fourth-order valence-electron chi connectivity index (χ4n) is 2.88. The molecule has 24 heavy (non-hydrogen) atoms. The minimum Gasteiger partial charge on any atom is -0.370 e. The van der Waals surface area contributed by atoms with Crippen LogP contribution in [0.15, 0.2) is 34.6 Å². The highest BCUT2D eigenvalue weighted by molar-refractivity contribution is 14.0. The molecule has 0 fully saturated rings. The number of rotatable bonds is 4. The molecule has 0 aliphatic carbocycles. The number of aliphatic imine (C=N–C) groups is 1. The molecule has 0 amide bonds. The Morgan fingerprint density at radius 1 is 1.25 bits per heavy atom. The van der Waals surface area contributed by atoms with Gasteiger partial charge < -0.3 is 11.5 Å². The van der Waals surface area contributed by atoms with Crippen molar-refractivity contribution in [3.05, 3.63) is 55.7 Å². The third-order valence-electron chi connectivity index (χ3n) is 4.05. The van der Waals surface area contributed by atoms with Crippen LogP contribution in [0.1, 0.15) is 22.0 Å². The quantitative estimate of drug-likeness (QED) is 0.381. The number of thiophene rings is 1. The van der Waals surface area contributed by atoms with Crippen LogP contribution in [0, 0.1) is 0 Å². The average molecular weight is 497 g/mol. The summed E-state index contributed by atoms with van der Waals surface area (Å²) in [5, 5.41) is 3.25. The van der Waals surface area contributed by atoms with Crippen molar-refractivity contribution < 1.29 is 0 Å². The van der Waals surface area contributed by atoms with E-state index in [1.54, 1.807) is 0 Å². The maximum Gasteiger partial charge on any atom is 0.185 e. The molecule has 4 nitrogen and oxygen atoms in total. The van der Waals surface area contributed by atoms with Crippen molar-refractivity contribution in [2.45, 2.75) is 19.0 Å². The first-order valence-electron chi connectivity index (χ1n) is 7.34. The maximum atomic E-state index is 6.19. The van der Waals surface area contributed by atoms with Gasteiger partial charge in [0, 0.05) is 18.0 Å². The molecule has 1 aliphatic heterocycles. The molecule has 2 aromatic rings. The standard InChI is InChI=1S/C16H18Cl2N4S.HI/c17-12-2-1-10(7-13(12)18)14(8-21-16(19)20)22-5-3-15-11(9-22)4-6-23-15;/h1-2,4,6-7,14H,3,5,8-9H2,(H4,19,20,21);1H. The van der Waals surface area contributed by atoms with Gasteiger partial charge in [-0.15, -0.1) is 35.3 Å². The molecule has 0 radical (unpaired) electrons. The van der Waals surface area contributed by atoms with Crippen LogP contribution in [-0.2, 0) is 13.0 Å². The summed E-state index contributed by atoms with van der Waals surface area (Å²) in [6, 6.07) is 7.98. The van der Waals surface area contributed by atoms with Gasteiger partial charge in [0.05, 0.1) is 22.6 Å². The zero-order valence-electron chi connectivity index (χ0n) is 12.9. The molecule has 0 saturated carbocycles. The Bertz CT molecular complexity index is 731. The van der Waals surface area contributed by atoms with Crippen LogP contribution in [-0.4, -0.2) is 23.9 Å². The van der Waals surface area contributed by atoms with Gasteiger partial charge in [0.2, 0.25) is 0 Å². The van der Waals surface area contributed by atoms with Gasteiger partial charge in [-0.25, -0.2) is 0 Å². The SMILES string of the molecule is I.NC(N)=NCC(c1ccc(Cl)c(Cl)c1)N1CCc2sccc2C1. The summed E-state index contributed by atoms with van der Waals surface area (Å²) in [5.74, 6) is 0.100. The highest BCUT2D eigenvalue weighted by Crippen LogP contribution is 2.33. The van der Waals surface area contributed by atoms with E-state index in [1.165, 1.54) is 10.4 Å². The zero-order valence-corrected chi connectivity index (χ0v) is 17.6. The molecule has 1 atom stereocenters. The Morgan fingerprint density at radius 2 is 2.04 bits per heavy atom. The molecule has 2 heterocycles. The summed E-state index contributed by atoms with van der Waals surface area (Å²) >= 11 is 14.1. The lowest BCUT2D eigenvalue weighted by Crippen LogP contribution is -2.36. The summed E-state index contributed by atoms with van der Waals surface area (Å²) in [7, 11) is 0. The average Bonchev–Trinajstić information content (AvgIpc) is 2.98. The monoisotopic (exact) mass is 496 g/mol. The topological polar surface area (TPSA) is 67.6 Å². The van der Waals surface area contributed by atoms with Gasteiger partial charge in [-0.3, -0.25) is 9.89 Å². The summed E-state index contributed by atoms with van der Waals surface area (Å²) in [5.41, 5.74) is 13.5. The predicted molar refractivity (Wildman–Crippen MR) is 114 cm³/mol. The van der Waals surface area contributed by atoms with E-state index in [0.717, 1.165) is 25.1 Å². The van der Waals surface area contributed by atoms with Gasteiger partial charge in [-0.1, -0.05) is 29.3 Å². The Morgan fingerprint density at radius 3 is 2.75 bits per heavy atom. The van der Waals surface area contributed by atoms with Crippen molar-refractivity contribution >= 4 is 64.5 Å². The summed E-state index contributed by atoms with van der Waals surface area (Å²) in [6.45, 7) is 2.36. The summed E-state index contributed by atoms with van der Waals surface area (Å²) in [6.07, 6.45) is 1.05. The summed E-state index contributed by atoms with van der Waals surface area (Å²) in [4.78, 5) is 8.09. The van der Waals surface area contributed by atoms with Crippen LogP contribution in [0.2, 0.25) is 10.0 Å². The molecular weight excluding hydrogens is 478 g/mol. The zero-order chi connectivity index (χ0) is 16.4. The Labute approximate surface area is 172 Å². The van der Waals surface area contributed by atoms with Gasteiger partial charge in [0.25, 0.3) is 0 Å². The first-order valence-corrected chi connectivity index (χ1v) is 8.98. The molecule has 1 aromatic carbocycles. The highest BCUT2D eigenvalue weighted by Gasteiger charge is 2.25. The smallest absolute Gasteiger partial charge is 0.185 e. The molecule has 3 rings (SSSR count). The molecule has 0 spiro atoms. The van der Waals surface area contributed by atoms with E-state index in [0.29, 0.717) is 16.6 Å². The molecule has 1 aromatic heterocycles. The molecule has 1 aliphatic rings. The van der Waals surface area contributed by atoms with Crippen molar-refractivity contribution in [2.75, 3.05) is 13.1 Å². The minimum absolute atomic E-state index is 0. The van der Waals surface area contributed by atoms with E-state index in [1.807, 2.05) is 29.5 Å². The second kappa shape index (κ2) is 8.71. The number of halogens is 3. The third-order valence-corrected chi connectivity index (χ3v) is 5.82. The fourth-order valence-corrected chi connectivity index (χ4v) is 4.08. The largest absolute Gasteiger partial charge is 0.370 e. The number of benzene rings is 1. The summed E-state index contributed by atoms with van der Waals surface area (Å²) < 4.78 is 0. The van der Waals surface area contributed by atoms with Gasteiger partial charge >= 0.3 is 0 Å². The first kappa shape index (κ1) is 19.8. The van der Waals surface area contributed by atoms with Crippen LogP contribution in [0.25, 0.3) is 0 Å². The van der Waals surface area contributed by atoms with Crippen molar-refractivity contribution in [3.8, 4) is 0 Å².